The molecule has 0 saturated heterocycles. The second-order valence-corrected chi connectivity index (χ2v) is 5.90. The molecule has 1 aromatic carbocycles. The highest BCUT2D eigenvalue weighted by atomic mass is 35.5. The average Bonchev–Trinajstić information content (AvgIpc) is 2.99. The van der Waals surface area contributed by atoms with Crippen LogP contribution in [-0.4, -0.2) is 27.2 Å². The zero-order valence-corrected chi connectivity index (χ0v) is 14.1. The number of aliphatic hydroxyl groups is 1. The number of aryl methyl sites for hydroxylation is 2. The third kappa shape index (κ3) is 4.33. The van der Waals surface area contributed by atoms with E-state index in [1.165, 1.54) is 12.5 Å². The minimum absolute atomic E-state index is 0.215. The van der Waals surface area contributed by atoms with E-state index in [1.54, 1.807) is 23.9 Å². The summed E-state index contributed by atoms with van der Waals surface area (Å²) in [6, 6.07) is 7.72. The van der Waals surface area contributed by atoms with Crippen molar-refractivity contribution >= 4 is 17.6 Å². The van der Waals surface area contributed by atoms with Gasteiger partial charge in [-0.2, -0.15) is 0 Å². The fraction of sp³-hybridized carbons (Fsp3) is 0.412. The first-order valence-corrected chi connectivity index (χ1v) is 7.98. The Morgan fingerprint density at radius 1 is 1.39 bits per heavy atom. The lowest BCUT2D eigenvalue weighted by Gasteiger charge is -2.21. The molecule has 6 heteroatoms. The number of ether oxygens (including phenoxy) is 1. The van der Waals surface area contributed by atoms with Crippen LogP contribution in [0.2, 0.25) is 5.02 Å². The first kappa shape index (κ1) is 17.5. The van der Waals surface area contributed by atoms with Gasteiger partial charge in [-0.1, -0.05) is 23.7 Å². The summed E-state index contributed by atoms with van der Waals surface area (Å²) >= 11 is 5.87. The van der Waals surface area contributed by atoms with E-state index in [9.17, 15) is 9.90 Å². The summed E-state index contributed by atoms with van der Waals surface area (Å²) in [6.07, 6.45) is 5.05. The van der Waals surface area contributed by atoms with E-state index in [-0.39, 0.29) is 6.61 Å². The Balaban J connectivity index is 2.00. The van der Waals surface area contributed by atoms with Crippen molar-refractivity contribution in [2.24, 2.45) is 0 Å². The summed E-state index contributed by atoms with van der Waals surface area (Å²) in [5.74, 6) is -0.391. The van der Waals surface area contributed by atoms with Crippen LogP contribution in [0.5, 0.6) is 0 Å². The molecule has 1 N–H and O–H groups in total. The van der Waals surface area contributed by atoms with Gasteiger partial charge in [0.2, 0.25) is 5.60 Å². The van der Waals surface area contributed by atoms with Crippen LogP contribution in [0.3, 0.4) is 0 Å². The van der Waals surface area contributed by atoms with Gasteiger partial charge in [0.1, 0.15) is 0 Å². The molecule has 0 saturated carbocycles. The normalized spacial score (nSPS) is 13.6. The SMILES string of the molecule is CCOC(=O)C(C)(O)c1nccn1CCCc1ccc(Cl)cc1. The van der Waals surface area contributed by atoms with E-state index in [0.717, 1.165) is 17.9 Å². The molecule has 5 nitrogen and oxygen atoms in total. The Labute approximate surface area is 140 Å². The van der Waals surface area contributed by atoms with E-state index in [1.807, 2.05) is 24.3 Å². The summed E-state index contributed by atoms with van der Waals surface area (Å²) in [7, 11) is 0. The van der Waals surface area contributed by atoms with Gasteiger partial charge in [-0.05, 0) is 44.4 Å². The fourth-order valence-corrected chi connectivity index (χ4v) is 2.51. The van der Waals surface area contributed by atoms with Crippen molar-refractivity contribution in [3.05, 3.63) is 53.1 Å². The van der Waals surface area contributed by atoms with Crippen molar-refractivity contribution in [2.45, 2.75) is 38.8 Å². The summed E-state index contributed by atoms with van der Waals surface area (Å²) in [4.78, 5) is 16.0. The molecule has 0 radical (unpaired) electrons. The zero-order chi connectivity index (χ0) is 16.9. The monoisotopic (exact) mass is 336 g/mol. The summed E-state index contributed by atoms with van der Waals surface area (Å²) < 4.78 is 6.70. The second-order valence-electron chi connectivity index (χ2n) is 5.47. The predicted octanol–water partition coefficient (Wildman–Crippen LogP) is 2.94. The maximum atomic E-state index is 11.9. The molecular weight excluding hydrogens is 316 g/mol. The smallest absolute Gasteiger partial charge is 0.345 e. The van der Waals surface area contributed by atoms with Gasteiger partial charge in [0.05, 0.1) is 6.61 Å². The molecule has 1 heterocycles. The Kier molecular flexibility index (Phi) is 5.80. The van der Waals surface area contributed by atoms with E-state index >= 15 is 0 Å². The highest BCUT2D eigenvalue weighted by Crippen LogP contribution is 2.21. The summed E-state index contributed by atoms with van der Waals surface area (Å²) in [6.45, 7) is 3.97. The van der Waals surface area contributed by atoms with Crippen molar-refractivity contribution in [2.75, 3.05) is 6.61 Å². The van der Waals surface area contributed by atoms with Crippen LogP contribution in [0.4, 0.5) is 0 Å². The molecule has 0 spiro atoms. The van der Waals surface area contributed by atoms with Gasteiger partial charge in [-0.3, -0.25) is 0 Å². The number of esters is 1. The van der Waals surface area contributed by atoms with Crippen LogP contribution in [0, 0.1) is 0 Å². The van der Waals surface area contributed by atoms with Gasteiger partial charge in [0, 0.05) is 24.0 Å². The van der Waals surface area contributed by atoms with E-state index in [4.69, 9.17) is 16.3 Å². The number of hydrogen-bond donors (Lipinski definition) is 1. The highest BCUT2D eigenvalue weighted by Gasteiger charge is 2.38. The first-order chi connectivity index (χ1) is 10.9. The van der Waals surface area contributed by atoms with Gasteiger partial charge in [0.25, 0.3) is 0 Å². The topological polar surface area (TPSA) is 64.3 Å². The van der Waals surface area contributed by atoms with Crippen LogP contribution in [-0.2, 0) is 28.1 Å². The lowest BCUT2D eigenvalue weighted by molar-refractivity contribution is -0.165. The third-order valence-electron chi connectivity index (χ3n) is 3.60. The van der Waals surface area contributed by atoms with Crippen molar-refractivity contribution in [1.82, 2.24) is 9.55 Å². The first-order valence-electron chi connectivity index (χ1n) is 7.60. The van der Waals surface area contributed by atoms with Gasteiger partial charge >= 0.3 is 5.97 Å². The molecule has 0 bridgehead atoms. The van der Waals surface area contributed by atoms with E-state index in [2.05, 4.69) is 4.98 Å². The van der Waals surface area contributed by atoms with E-state index < -0.39 is 11.6 Å². The molecule has 1 atom stereocenters. The number of rotatable bonds is 7. The molecule has 1 aromatic heterocycles. The van der Waals surface area contributed by atoms with Gasteiger partial charge in [-0.25, -0.2) is 9.78 Å². The molecule has 0 fully saturated rings. The quantitative estimate of drug-likeness (QED) is 0.789. The largest absolute Gasteiger partial charge is 0.464 e. The maximum absolute atomic E-state index is 11.9. The molecule has 0 aliphatic rings. The second kappa shape index (κ2) is 7.62. The maximum Gasteiger partial charge on any atom is 0.345 e. The van der Waals surface area contributed by atoms with Crippen molar-refractivity contribution in [1.29, 1.82) is 0 Å². The lowest BCUT2D eigenvalue weighted by atomic mass is 10.1. The Hall–Kier alpha value is -1.85. The molecule has 2 rings (SSSR count). The molecule has 23 heavy (non-hydrogen) atoms. The van der Waals surface area contributed by atoms with E-state index in [0.29, 0.717) is 12.4 Å². The van der Waals surface area contributed by atoms with Crippen LogP contribution in [0.1, 0.15) is 31.7 Å². The third-order valence-corrected chi connectivity index (χ3v) is 3.85. The van der Waals surface area contributed by atoms with Crippen molar-refractivity contribution in [3.8, 4) is 0 Å². The number of halogens is 1. The Morgan fingerprint density at radius 3 is 2.74 bits per heavy atom. The number of imidazole rings is 1. The van der Waals surface area contributed by atoms with Crippen molar-refractivity contribution < 1.29 is 14.6 Å². The number of carbonyl (C=O) groups excluding carboxylic acids is 1. The number of nitrogens with zero attached hydrogens (tertiary/aromatic N) is 2. The molecule has 0 aliphatic heterocycles. The molecule has 0 amide bonds. The molecule has 124 valence electrons. The summed E-state index contributed by atoms with van der Waals surface area (Å²) in [5, 5.41) is 11.1. The highest BCUT2D eigenvalue weighted by molar-refractivity contribution is 6.30. The van der Waals surface area contributed by atoms with Gasteiger partial charge in [-0.15, -0.1) is 0 Å². The van der Waals surface area contributed by atoms with Gasteiger partial charge < -0.3 is 14.4 Å². The van der Waals surface area contributed by atoms with Crippen LogP contribution in [0.25, 0.3) is 0 Å². The Bertz CT molecular complexity index is 650. The van der Waals surface area contributed by atoms with Crippen molar-refractivity contribution in [3.63, 3.8) is 0 Å². The summed E-state index contributed by atoms with van der Waals surface area (Å²) in [5.41, 5.74) is -0.562. The average molecular weight is 337 g/mol. The number of carbonyl (C=O) groups is 1. The zero-order valence-electron chi connectivity index (χ0n) is 13.3. The number of aromatic nitrogens is 2. The molecule has 1 unspecified atom stereocenters. The minimum atomic E-state index is -1.75. The number of benzene rings is 1. The van der Waals surface area contributed by atoms with Crippen LogP contribution < -0.4 is 0 Å². The predicted molar refractivity (Wildman–Crippen MR) is 88.2 cm³/mol. The lowest BCUT2D eigenvalue weighted by Crippen LogP contribution is -2.37. The van der Waals surface area contributed by atoms with Crippen LogP contribution in [0.15, 0.2) is 36.7 Å². The standard InChI is InChI=1S/C17H21ClN2O3/c1-3-23-16(21)17(2,22)15-19-10-12-20(15)11-4-5-13-6-8-14(18)9-7-13/h6-10,12,22H,3-5,11H2,1-2H3. The van der Waals surface area contributed by atoms with Gasteiger partial charge in [0.15, 0.2) is 5.82 Å². The Morgan fingerprint density at radius 2 is 2.09 bits per heavy atom. The molecular formula is C17H21ClN2O3. The minimum Gasteiger partial charge on any atom is -0.464 e. The fourth-order valence-electron chi connectivity index (χ4n) is 2.38. The molecule has 0 aliphatic carbocycles. The van der Waals surface area contributed by atoms with Crippen LogP contribution >= 0.6 is 11.6 Å². The number of hydrogen-bond acceptors (Lipinski definition) is 4. The molecule has 2 aromatic rings.